The molecule has 1 N–H and O–H groups in total. The van der Waals surface area contributed by atoms with E-state index in [4.69, 9.17) is 0 Å². The van der Waals surface area contributed by atoms with Gasteiger partial charge in [-0.3, -0.25) is 9.52 Å². The molecule has 4 rings (SSSR count). The fraction of sp³-hybridized carbons (Fsp3) is 0.364. The Kier molecular flexibility index (Phi) is 8.18. The highest BCUT2D eigenvalue weighted by Crippen LogP contribution is 2.43. The van der Waals surface area contributed by atoms with Crippen LogP contribution in [0, 0.1) is 12.3 Å². The molecule has 1 amide bonds. The van der Waals surface area contributed by atoms with E-state index in [1.165, 1.54) is 45.0 Å². The van der Waals surface area contributed by atoms with E-state index in [-0.39, 0.29) is 11.3 Å². The summed E-state index contributed by atoms with van der Waals surface area (Å²) >= 11 is 0. The highest BCUT2D eigenvalue weighted by molar-refractivity contribution is 7.93. The molecule has 0 saturated heterocycles. The maximum atomic E-state index is 12.2. The molecule has 0 aromatic heterocycles. The van der Waals surface area contributed by atoms with Gasteiger partial charge in [-0.15, -0.1) is 0 Å². The van der Waals surface area contributed by atoms with Crippen molar-refractivity contribution < 1.29 is 9.00 Å². The first-order valence-corrected chi connectivity index (χ1v) is 14.5. The first kappa shape index (κ1) is 27.1. The molecule has 3 aromatic rings. The molecule has 1 heterocycles. The number of carbonyl (C=O) groups is 1. The van der Waals surface area contributed by atoms with Crippen LogP contribution in [0.25, 0.3) is 16.0 Å². The van der Waals surface area contributed by atoms with Crippen molar-refractivity contribution in [3.8, 4) is 11.1 Å². The van der Waals surface area contributed by atoms with Gasteiger partial charge in [-0.2, -0.15) is 0 Å². The zero-order chi connectivity index (χ0) is 26.7. The number of aryl methyl sites for hydroxylation is 4. The molecule has 0 aliphatic carbocycles. The third-order valence-electron chi connectivity index (χ3n) is 7.51. The Morgan fingerprint density at radius 3 is 2.19 bits per heavy atom. The monoisotopic (exact) mass is 513 g/mol. The molecule has 37 heavy (non-hydrogen) atoms. The van der Waals surface area contributed by atoms with Gasteiger partial charge in [0.1, 0.15) is 0 Å². The van der Waals surface area contributed by atoms with Gasteiger partial charge in [-0.25, -0.2) is 4.21 Å². The van der Waals surface area contributed by atoms with Gasteiger partial charge in [0.15, 0.2) is 11.0 Å². The van der Waals surface area contributed by atoms with Crippen molar-refractivity contribution in [1.29, 1.82) is 0 Å². The third-order valence-corrected chi connectivity index (χ3v) is 8.65. The number of amides is 1. The van der Waals surface area contributed by atoms with Crippen molar-refractivity contribution in [3.05, 3.63) is 100 Å². The van der Waals surface area contributed by atoms with Crippen LogP contribution >= 0.6 is 0 Å². The molecular formula is C33H39NO2S. The zero-order valence-electron chi connectivity index (χ0n) is 23.0. The van der Waals surface area contributed by atoms with Crippen molar-refractivity contribution in [2.24, 2.45) is 5.41 Å². The van der Waals surface area contributed by atoms with E-state index in [0.29, 0.717) is 10.8 Å². The summed E-state index contributed by atoms with van der Waals surface area (Å²) in [6, 6.07) is 22.0. The number of nitrogens with one attached hydrogen (secondary N) is 1. The van der Waals surface area contributed by atoms with Gasteiger partial charge < -0.3 is 0 Å². The summed E-state index contributed by atoms with van der Waals surface area (Å²) in [5, 5.41) is 0. The summed E-state index contributed by atoms with van der Waals surface area (Å²) in [5.41, 5.74) is 10.3. The number of benzene rings is 3. The fourth-order valence-electron chi connectivity index (χ4n) is 5.49. The number of hydrogen-bond acceptors (Lipinski definition) is 2. The summed E-state index contributed by atoms with van der Waals surface area (Å²) in [6.45, 7) is 13.8. The Balaban J connectivity index is 1.67. The Morgan fingerprint density at radius 2 is 1.57 bits per heavy atom. The molecule has 0 radical (unpaired) electrons. The minimum Gasteiger partial charge on any atom is -0.269 e. The molecular weight excluding hydrogens is 474 g/mol. The van der Waals surface area contributed by atoms with Gasteiger partial charge in [0, 0.05) is 6.08 Å². The van der Waals surface area contributed by atoms with Crippen LogP contribution in [-0.2, 0) is 35.0 Å². The molecule has 3 nitrogen and oxygen atoms in total. The molecule has 3 aromatic carbocycles. The van der Waals surface area contributed by atoms with E-state index >= 15 is 0 Å². The lowest BCUT2D eigenvalue weighted by Crippen LogP contribution is -2.19. The summed E-state index contributed by atoms with van der Waals surface area (Å²) in [4.78, 5) is 12.2. The van der Waals surface area contributed by atoms with E-state index in [1.54, 1.807) is 0 Å². The predicted octanol–water partition coefficient (Wildman–Crippen LogP) is 7.68. The normalized spacial score (nSPS) is 16.4. The van der Waals surface area contributed by atoms with Gasteiger partial charge in [0.05, 0.1) is 4.91 Å². The second kappa shape index (κ2) is 11.2. The van der Waals surface area contributed by atoms with E-state index in [0.717, 1.165) is 31.2 Å². The number of hydrogen-bond donors (Lipinski definition) is 1. The van der Waals surface area contributed by atoms with E-state index in [9.17, 15) is 9.00 Å². The standard InChI is InChI=1S/C33H39NO2S/c1-7-23-13-12-22(3)28(19-23)27-17-16-25(20-29(27)30(8-2)33(4,5)6)15-14-24-10-9-11-26(18-24)31-21-32(35)34-37(31)36/h9-13,16-21,30H,7-8,14-15H2,1-6H3,(H,34,35)/t30-,37?/m1/s1. The van der Waals surface area contributed by atoms with Crippen molar-refractivity contribution in [2.45, 2.75) is 73.1 Å². The number of carbonyl (C=O) groups excluding carboxylic acids is 1. The van der Waals surface area contributed by atoms with Crippen LogP contribution in [0.3, 0.4) is 0 Å². The molecule has 2 atom stereocenters. The number of rotatable bonds is 8. The largest absolute Gasteiger partial charge is 0.269 e. The van der Waals surface area contributed by atoms with Gasteiger partial charge in [-0.05, 0) is 88.4 Å². The van der Waals surface area contributed by atoms with Crippen LogP contribution in [0.2, 0.25) is 0 Å². The topological polar surface area (TPSA) is 46.2 Å². The Morgan fingerprint density at radius 1 is 0.865 bits per heavy atom. The van der Waals surface area contributed by atoms with Crippen LogP contribution in [0.1, 0.15) is 80.3 Å². The van der Waals surface area contributed by atoms with Crippen molar-refractivity contribution in [2.75, 3.05) is 0 Å². The second-order valence-corrected chi connectivity index (χ2v) is 12.4. The van der Waals surface area contributed by atoms with E-state index in [2.05, 4.69) is 94.8 Å². The van der Waals surface area contributed by atoms with E-state index < -0.39 is 11.0 Å². The van der Waals surface area contributed by atoms with Crippen molar-refractivity contribution >= 4 is 21.8 Å². The first-order valence-electron chi connectivity index (χ1n) is 13.4. The maximum absolute atomic E-state index is 12.2. The van der Waals surface area contributed by atoms with Gasteiger partial charge >= 0.3 is 0 Å². The fourth-order valence-corrected chi connectivity index (χ4v) is 6.39. The lowest BCUT2D eigenvalue weighted by Gasteiger charge is -2.32. The maximum Gasteiger partial charge on any atom is 0.257 e. The summed E-state index contributed by atoms with van der Waals surface area (Å²) in [7, 11) is -1.47. The average molecular weight is 514 g/mol. The minimum atomic E-state index is -1.47. The van der Waals surface area contributed by atoms with Crippen LogP contribution in [0.15, 0.2) is 66.7 Å². The van der Waals surface area contributed by atoms with Crippen molar-refractivity contribution in [1.82, 2.24) is 4.72 Å². The lowest BCUT2D eigenvalue weighted by atomic mass is 9.72. The van der Waals surface area contributed by atoms with Gasteiger partial charge in [-0.1, -0.05) is 95.3 Å². The highest BCUT2D eigenvalue weighted by Gasteiger charge is 2.27. The van der Waals surface area contributed by atoms with Gasteiger partial charge in [0.2, 0.25) is 0 Å². The Hall–Kier alpha value is -2.98. The molecule has 0 fully saturated rings. The molecule has 0 bridgehead atoms. The minimum absolute atomic E-state index is 0.156. The predicted molar refractivity (Wildman–Crippen MR) is 157 cm³/mol. The smallest absolute Gasteiger partial charge is 0.257 e. The van der Waals surface area contributed by atoms with Gasteiger partial charge in [0.25, 0.3) is 5.91 Å². The van der Waals surface area contributed by atoms with Crippen LogP contribution in [0.4, 0.5) is 0 Å². The molecule has 1 unspecified atom stereocenters. The third kappa shape index (κ3) is 6.13. The quantitative estimate of drug-likeness (QED) is 0.336. The highest BCUT2D eigenvalue weighted by atomic mass is 32.2. The molecule has 194 valence electrons. The first-order chi connectivity index (χ1) is 17.6. The van der Waals surface area contributed by atoms with Crippen LogP contribution in [-0.4, -0.2) is 10.1 Å². The van der Waals surface area contributed by atoms with E-state index in [1.807, 2.05) is 12.1 Å². The van der Waals surface area contributed by atoms with Crippen molar-refractivity contribution in [3.63, 3.8) is 0 Å². The SMILES string of the molecule is CCc1ccc(C)c(-c2ccc(CCc3cccc(C4=CC(=O)NS4=O)c3)cc2[C@@H](CC)C(C)(C)C)c1. The average Bonchev–Trinajstić information content (AvgIpc) is 3.21. The molecule has 1 aliphatic heterocycles. The van der Waals surface area contributed by atoms with Crippen LogP contribution < -0.4 is 4.72 Å². The Bertz CT molecular complexity index is 1360. The molecule has 0 spiro atoms. The van der Waals surface area contributed by atoms with Crippen LogP contribution in [0.5, 0.6) is 0 Å². The molecule has 0 saturated carbocycles. The summed E-state index contributed by atoms with van der Waals surface area (Å²) < 4.78 is 14.7. The lowest BCUT2D eigenvalue weighted by molar-refractivity contribution is -0.114. The molecule has 4 heteroatoms. The second-order valence-electron chi connectivity index (χ2n) is 11.2. The summed E-state index contributed by atoms with van der Waals surface area (Å²) in [5.74, 6) is 0.153. The Labute approximate surface area is 225 Å². The summed E-state index contributed by atoms with van der Waals surface area (Å²) in [6.07, 6.45) is 5.36. The molecule has 1 aliphatic rings. The zero-order valence-corrected chi connectivity index (χ0v) is 23.8.